The molecule has 0 aromatic heterocycles. The Morgan fingerprint density at radius 3 is 3.00 bits per heavy atom. The highest BCUT2D eigenvalue weighted by atomic mass is 16.3. The summed E-state index contributed by atoms with van der Waals surface area (Å²) in [6, 6.07) is 0. The molecule has 0 atom stereocenters. The molecule has 0 radical (unpaired) electrons. The third-order valence-electron chi connectivity index (χ3n) is 1.22. The van der Waals surface area contributed by atoms with Gasteiger partial charge in [0.15, 0.2) is 5.82 Å². The van der Waals surface area contributed by atoms with Gasteiger partial charge in [-0.05, 0) is 17.7 Å². The minimum absolute atomic E-state index is 0.456. The van der Waals surface area contributed by atoms with Crippen LogP contribution in [0.4, 0.5) is 0 Å². The van der Waals surface area contributed by atoms with Gasteiger partial charge in [0.05, 0.1) is 0 Å². The Morgan fingerprint density at radius 2 is 2.56 bits per heavy atom. The molecule has 0 bridgehead atoms. The smallest absolute Gasteiger partial charge is 0.173 e. The maximum atomic E-state index is 9.97. The van der Waals surface area contributed by atoms with E-state index in [1.807, 2.05) is 19.1 Å². The van der Waals surface area contributed by atoms with E-state index < -0.39 is 0 Å². The molecule has 1 rings (SSSR count). The summed E-state index contributed by atoms with van der Waals surface area (Å²) < 4.78 is 0. The maximum Gasteiger partial charge on any atom is 0.173 e. The molecular formula is C6H8N2O. The van der Waals surface area contributed by atoms with Crippen molar-refractivity contribution < 1.29 is 0 Å². The van der Waals surface area contributed by atoms with Crippen LogP contribution in [-0.2, 0) is 0 Å². The molecule has 0 unspecified atom stereocenters. The molecular weight excluding hydrogens is 116 g/mol. The van der Waals surface area contributed by atoms with Gasteiger partial charge in [-0.2, -0.15) is 0 Å². The Morgan fingerprint density at radius 1 is 1.78 bits per heavy atom. The Balaban J connectivity index is 2.84. The predicted molar refractivity (Wildman–Crippen MR) is 35.6 cm³/mol. The van der Waals surface area contributed by atoms with E-state index in [9.17, 15) is 4.91 Å². The SMILES string of the molecule is CC1=C(N=O)NCC=C1. The summed E-state index contributed by atoms with van der Waals surface area (Å²) in [6.45, 7) is 2.55. The van der Waals surface area contributed by atoms with E-state index in [1.54, 1.807) is 0 Å². The molecule has 0 fully saturated rings. The van der Waals surface area contributed by atoms with E-state index in [0.717, 1.165) is 5.57 Å². The van der Waals surface area contributed by atoms with Crippen molar-refractivity contribution in [2.45, 2.75) is 6.92 Å². The number of dihydropyridines is 1. The first-order chi connectivity index (χ1) is 4.34. The van der Waals surface area contributed by atoms with Gasteiger partial charge < -0.3 is 5.32 Å². The van der Waals surface area contributed by atoms with E-state index in [1.165, 1.54) is 0 Å². The van der Waals surface area contributed by atoms with E-state index >= 15 is 0 Å². The number of nitrogens with zero attached hydrogens (tertiary/aromatic N) is 1. The fourth-order valence-corrected chi connectivity index (χ4v) is 0.714. The van der Waals surface area contributed by atoms with Gasteiger partial charge in [0, 0.05) is 6.54 Å². The molecule has 3 nitrogen and oxygen atoms in total. The van der Waals surface area contributed by atoms with Gasteiger partial charge in [0.1, 0.15) is 0 Å². The van der Waals surface area contributed by atoms with Crippen LogP contribution < -0.4 is 5.32 Å². The van der Waals surface area contributed by atoms with E-state index in [0.29, 0.717) is 12.4 Å². The van der Waals surface area contributed by atoms with Crippen molar-refractivity contribution in [2.24, 2.45) is 5.18 Å². The van der Waals surface area contributed by atoms with Crippen LogP contribution in [0.25, 0.3) is 0 Å². The zero-order chi connectivity index (χ0) is 6.69. The first-order valence-corrected chi connectivity index (χ1v) is 2.79. The zero-order valence-electron chi connectivity index (χ0n) is 5.22. The molecule has 0 saturated carbocycles. The van der Waals surface area contributed by atoms with Crippen LogP contribution in [-0.4, -0.2) is 6.54 Å². The third-order valence-corrected chi connectivity index (χ3v) is 1.22. The van der Waals surface area contributed by atoms with E-state index in [2.05, 4.69) is 10.5 Å². The standard InChI is InChI=1S/C6H8N2O/c1-5-3-2-4-7-6(5)8-9/h2-3,7H,4H2,1H3. The molecule has 1 aliphatic heterocycles. The number of allylic oxidation sites excluding steroid dienone is 2. The Labute approximate surface area is 53.4 Å². The summed E-state index contributed by atoms with van der Waals surface area (Å²) in [5.41, 5.74) is 0.899. The molecule has 0 spiro atoms. The van der Waals surface area contributed by atoms with Crippen molar-refractivity contribution in [1.29, 1.82) is 0 Å². The minimum atomic E-state index is 0.456. The Kier molecular flexibility index (Phi) is 1.63. The average Bonchev–Trinajstić information content (AvgIpc) is 1.89. The number of rotatable bonds is 1. The van der Waals surface area contributed by atoms with Gasteiger partial charge in [0.2, 0.25) is 0 Å². The molecule has 0 aromatic rings. The summed E-state index contributed by atoms with van der Waals surface area (Å²) in [5, 5.41) is 5.63. The van der Waals surface area contributed by atoms with E-state index in [4.69, 9.17) is 0 Å². The highest BCUT2D eigenvalue weighted by molar-refractivity contribution is 5.25. The lowest BCUT2D eigenvalue weighted by atomic mass is 10.2. The first kappa shape index (κ1) is 6.01. The van der Waals surface area contributed by atoms with Crippen LogP contribution >= 0.6 is 0 Å². The fraction of sp³-hybridized carbons (Fsp3) is 0.333. The van der Waals surface area contributed by atoms with Gasteiger partial charge in [-0.15, -0.1) is 4.91 Å². The van der Waals surface area contributed by atoms with Crippen molar-refractivity contribution in [3.8, 4) is 0 Å². The molecule has 1 N–H and O–H groups in total. The summed E-state index contributed by atoms with van der Waals surface area (Å²) in [7, 11) is 0. The number of hydrogen-bond donors (Lipinski definition) is 1. The summed E-state index contributed by atoms with van der Waals surface area (Å²) in [5.74, 6) is 0.456. The molecule has 3 heteroatoms. The van der Waals surface area contributed by atoms with Crippen LogP contribution in [0.5, 0.6) is 0 Å². The highest BCUT2D eigenvalue weighted by Gasteiger charge is 2.01. The number of hydrogen-bond acceptors (Lipinski definition) is 3. The van der Waals surface area contributed by atoms with Crippen LogP contribution in [0.15, 0.2) is 28.7 Å². The lowest BCUT2D eigenvalue weighted by Crippen LogP contribution is -2.15. The predicted octanol–water partition coefficient (Wildman–Crippen LogP) is 1.14. The maximum absolute atomic E-state index is 9.97. The number of nitroso groups, excluding NO2 is 1. The zero-order valence-corrected chi connectivity index (χ0v) is 5.22. The molecule has 1 aliphatic rings. The highest BCUT2D eigenvalue weighted by Crippen LogP contribution is 2.06. The van der Waals surface area contributed by atoms with Gasteiger partial charge in [0.25, 0.3) is 0 Å². The molecule has 1 heterocycles. The number of nitrogens with one attached hydrogen (secondary N) is 1. The fourth-order valence-electron chi connectivity index (χ4n) is 0.714. The average molecular weight is 124 g/mol. The van der Waals surface area contributed by atoms with Crippen molar-refractivity contribution >= 4 is 0 Å². The lowest BCUT2D eigenvalue weighted by Gasteiger charge is -2.06. The quantitative estimate of drug-likeness (QED) is 0.532. The molecule has 9 heavy (non-hydrogen) atoms. The van der Waals surface area contributed by atoms with E-state index in [-0.39, 0.29) is 0 Å². The molecule has 0 aliphatic carbocycles. The van der Waals surface area contributed by atoms with Gasteiger partial charge in [-0.3, -0.25) is 0 Å². The van der Waals surface area contributed by atoms with Gasteiger partial charge >= 0.3 is 0 Å². The third kappa shape index (κ3) is 1.16. The van der Waals surface area contributed by atoms with Crippen LogP contribution in [0.2, 0.25) is 0 Å². The largest absolute Gasteiger partial charge is 0.364 e. The van der Waals surface area contributed by atoms with Crippen molar-refractivity contribution in [2.75, 3.05) is 6.54 Å². The second-order valence-electron chi connectivity index (χ2n) is 1.91. The first-order valence-electron chi connectivity index (χ1n) is 2.79. The molecule has 48 valence electrons. The van der Waals surface area contributed by atoms with Crippen LogP contribution in [0.1, 0.15) is 6.92 Å². The van der Waals surface area contributed by atoms with Crippen molar-refractivity contribution in [3.63, 3.8) is 0 Å². The van der Waals surface area contributed by atoms with Gasteiger partial charge in [-0.1, -0.05) is 12.2 Å². The van der Waals surface area contributed by atoms with Crippen LogP contribution in [0, 0.1) is 4.91 Å². The summed E-state index contributed by atoms with van der Waals surface area (Å²) in [6.07, 6.45) is 3.83. The second kappa shape index (κ2) is 2.44. The topological polar surface area (TPSA) is 41.5 Å². The minimum Gasteiger partial charge on any atom is -0.364 e. The molecule has 0 amide bonds. The summed E-state index contributed by atoms with van der Waals surface area (Å²) >= 11 is 0. The Hall–Kier alpha value is -1.12. The molecule has 0 saturated heterocycles. The molecule has 0 aromatic carbocycles. The summed E-state index contributed by atoms with van der Waals surface area (Å²) in [4.78, 5) is 9.97. The Bertz CT molecular complexity index is 181. The van der Waals surface area contributed by atoms with Crippen molar-refractivity contribution in [3.05, 3.63) is 28.5 Å². The van der Waals surface area contributed by atoms with Crippen molar-refractivity contribution in [1.82, 2.24) is 5.32 Å². The monoisotopic (exact) mass is 124 g/mol. The van der Waals surface area contributed by atoms with Gasteiger partial charge in [-0.25, -0.2) is 0 Å². The second-order valence-corrected chi connectivity index (χ2v) is 1.91. The van der Waals surface area contributed by atoms with Crippen LogP contribution in [0.3, 0.4) is 0 Å². The lowest BCUT2D eigenvalue weighted by molar-refractivity contribution is 0.852. The normalized spacial score (nSPS) is 17.4.